The minimum atomic E-state index is -0.233. The van der Waals surface area contributed by atoms with E-state index in [1.54, 1.807) is 0 Å². The van der Waals surface area contributed by atoms with Gasteiger partial charge in [-0.25, -0.2) is 0 Å². The van der Waals surface area contributed by atoms with Crippen molar-refractivity contribution in [3.8, 4) is 0 Å². The van der Waals surface area contributed by atoms with Crippen LogP contribution in [0.5, 0.6) is 0 Å². The van der Waals surface area contributed by atoms with Crippen LogP contribution in [0, 0.1) is 17.8 Å². The van der Waals surface area contributed by atoms with Crippen molar-refractivity contribution in [2.75, 3.05) is 13.2 Å². The van der Waals surface area contributed by atoms with Crippen molar-refractivity contribution in [3.63, 3.8) is 0 Å². The Kier molecular flexibility index (Phi) is 9.27. The molecule has 0 radical (unpaired) electrons. The lowest BCUT2D eigenvalue weighted by Gasteiger charge is -2.15. The molecule has 0 bridgehead atoms. The highest BCUT2D eigenvalue weighted by molar-refractivity contribution is 5.74. The standard InChI is InChI=1S/C15H28O4/c1-6-13(15(17)19-10-12(4)5)7-8-14(16)18-9-11(2)3/h11-13H,6-10H2,1-5H3. The Labute approximate surface area is 116 Å². The second-order valence-corrected chi connectivity index (χ2v) is 5.74. The molecule has 0 aromatic rings. The molecule has 0 aliphatic heterocycles. The lowest BCUT2D eigenvalue weighted by Crippen LogP contribution is -2.21. The molecule has 0 aromatic heterocycles. The molecule has 0 spiro atoms. The van der Waals surface area contributed by atoms with Crippen LogP contribution in [0.1, 0.15) is 53.9 Å². The van der Waals surface area contributed by atoms with Crippen LogP contribution in [-0.2, 0) is 19.1 Å². The van der Waals surface area contributed by atoms with E-state index in [4.69, 9.17) is 9.47 Å². The minimum absolute atomic E-state index is 0.201. The quantitative estimate of drug-likeness (QED) is 0.605. The fourth-order valence-electron chi connectivity index (χ4n) is 1.48. The number of carbonyl (C=O) groups is 2. The Hall–Kier alpha value is -1.06. The summed E-state index contributed by atoms with van der Waals surface area (Å²) in [6, 6.07) is 0. The summed E-state index contributed by atoms with van der Waals surface area (Å²) >= 11 is 0. The number of ether oxygens (including phenoxy) is 2. The third-order valence-electron chi connectivity index (χ3n) is 2.66. The maximum Gasteiger partial charge on any atom is 0.308 e. The highest BCUT2D eigenvalue weighted by atomic mass is 16.5. The van der Waals surface area contributed by atoms with Crippen LogP contribution in [0.25, 0.3) is 0 Å². The van der Waals surface area contributed by atoms with Crippen molar-refractivity contribution < 1.29 is 19.1 Å². The van der Waals surface area contributed by atoms with E-state index in [0.717, 1.165) is 0 Å². The van der Waals surface area contributed by atoms with Crippen molar-refractivity contribution >= 4 is 11.9 Å². The van der Waals surface area contributed by atoms with Gasteiger partial charge < -0.3 is 9.47 Å². The highest BCUT2D eigenvalue weighted by Crippen LogP contribution is 2.14. The predicted octanol–water partition coefficient (Wildman–Crippen LogP) is 3.19. The van der Waals surface area contributed by atoms with Crippen molar-refractivity contribution in [1.82, 2.24) is 0 Å². The van der Waals surface area contributed by atoms with Crippen molar-refractivity contribution in [3.05, 3.63) is 0 Å². The summed E-state index contributed by atoms with van der Waals surface area (Å²) in [6.07, 6.45) is 1.47. The molecule has 4 nitrogen and oxygen atoms in total. The first kappa shape index (κ1) is 17.9. The van der Waals surface area contributed by atoms with Crippen molar-refractivity contribution in [2.24, 2.45) is 17.8 Å². The second-order valence-electron chi connectivity index (χ2n) is 5.74. The maximum absolute atomic E-state index is 11.8. The molecule has 19 heavy (non-hydrogen) atoms. The molecule has 0 amide bonds. The fraction of sp³-hybridized carbons (Fsp3) is 0.867. The smallest absolute Gasteiger partial charge is 0.308 e. The number of hydrogen-bond donors (Lipinski definition) is 0. The Morgan fingerprint density at radius 2 is 1.47 bits per heavy atom. The number of esters is 2. The Bertz CT molecular complexity index is 271. The van der Waals surface area contributed by atoms with Gasteiger partial charge in [-0.15, -0.1) is 0 Å². The summed E-state index contributed by atoms with van der Waals surface area (Å²) in [5, 5.41) is 0. The third kappa shape index (κ3) is 9.51. The third-order valence-corrected chi connectivity index (χ3v) is 2.66. The molecule has 0 aromatic carbocycles. The molecule has 1 unspecified atom stereocenters. The van der Waals surface area contributed by atoms with Crippen LogP contribution >= 0.6 is 0 Å². The molecule has 0 heterocycles. The van der Waals surface area contributed by atoms with Crippen molar-refractivity contribution in [1.29, 1.82) is 0 Å². The average molecular weight is 272 g/mol. The van der Waals surface area contributed by atoms with E-state index >= 15 is 0 Å². The second kappa shape index (κ2) is 9.82. The van der Waals surface area contributed by atoms with Crippen LogP contribution < -0.4 is 0 Å². The summed E-state index contributed by atoms with van der Waals surface area (Å²) < 4.78 is 10.3. The van der Waals surface area contributed by atoms with Gasteiger partial charge in [0.05, 0.1) is 19.1 Å². The van der Waals surface area contributed by atoms with Gasteiger partial charge in [0.1, 0.15) is 0 Å². The van der Waals surface area contributed by atoms with E-state index < -0.39 is 0 Å². The predicted molar refractivity (Wildman–Crippen MR) is 74.6 cm³/mol. The summed E-state index contributed by atoms with van der Waals surface area (Å²) in [6.45, 7) is 10.8. The zero-order valence-electron chi connectivity index (χ0n) is 12.9. The number of rotatable bonds is 9. The van der Waals surface area contributed by atoms with E-state index in [9.17, 15) is 9.59 Å². The van der Waals surface area contributed by atoms with Gasteiger partial charge in [0.15, 0.2) is 0 Å². The highest BCUT2D eigenvalue weighted by Gasteiger charge is 2.20. The lowest BCUT2D eigenvalue weighted by molar-refractivity contribution is -0.151. The van der Waals surface area contributed by atoms with E-state index in [0.29, 0.717) is 37.9 Å². The first-order chi connectivity index (χ1) is 8.86. The molecule has 0 aliphatic carbocycles. The van der Waals surface area contributed by atoms with E-state index in [-0.39, 0.29) is 24.3 Å². The van der Waals surface area contributed by atoms with E-state index in [2.05, 4.69) is 0 Å². The number of hydrogen-bond acceptors (Lipinski definition) is 4. The minimum Gasteiger partial charge on any atom is -0.465 e. The summed E-state index contributed by atoms with van der Waals surface area (Å²) in [5.74, 6) is 0.0291. The Balaban J connectivity index is 3.98. The molecule has 112 valence electrons. The topological polar surface area (TPSA) is 52.6 Å². The van der Waals surface area contributed by atoms with Crippen LogP contribution in [-0.4, -0.2) is 25.2 Å². The van der Waals surface area contributed by atoms with Gasteiger partial charge in [0.2, 0.25) is 0 Å². The van der Waals surface area contributed by atoms with Gasteiger partial charge in [-0.3, -0.25) is 9.59 Å². The van der Waals surface area contributed by atoms with Gasteiger partial charge in [-0.05, 0) is 24.7 Å². The molecule has 0 rings (SSSR count). The van der Waals surface area contributed by atoms with Crippen LogP contribution in [0.2, 0.25) is 0 Å². The van der Waals surface area contributed by atoms with Crippen LogP contribution in [0.3, 0.4) is 0 Å². The van der Waals surface area contributed by atoms with Gasteiger partial charge >= 0.3 is 11.9 Å². The van der Waals surface area contributed by atoms with Crippen LogP contribution in [0.15, 0.2) is 0 Å². The number of carbonyl (C=O) groups excluding carboxylic acids is 2. The zero-order chi connectivity index (χ0) is 14.8. The first-order valence-corrected chi connectivity index (χ1v) is 7.19. The Morgan fingerprint density at radius 1 is 0.947 bits per heavy atom. The first-order valence-electron chi connectivity index (χ1n) is 7.19. The Morgan fingerprint density at radius 3 is 1.95 bits per heavy atom. The van der Waals surface area contributed by atoms with Gasteiger partial charge in [0, 0.05) is 6.42 Å². The SMILES string of the molecule is CCC(CCC(=O)OCC(C)C)C(=O)OCC(C)C. The van der Waals surface area contributed by atoms with E-state index in [1.165, 1.54) is 0 Å². The van der Waals surface area contributed by atoms with Crippen LogP contribution in [0.4, 0.5) is 0 Å². The average Bonchev–Trinajstić information content (AvgIpc) is 2.34. The molecule has 4 heteroatoms. The monoisotopic (exact) mass is 272 g/mol. The molecule has 0 aliphatic rings. The fourth-order valence-corrected chi connectivity index (χ4v) is 1.48. The molecule has 1 atom stereocenters. The van der Waals surface area contributed by atoms with Gasteiger partial charge in [-0.2, -0.15) is 0 Å². The maximum atomic E-state index is 11.8. The van der Waals surface area contributed by atoms with Crippen molar-refractivity contribution in [2.45, 2.75) is 53.9 Å². The molecular formula is C15H28O4. The summed E-state index contributed by atoms with van der Waals surface area (Å²) in [7, 11) is 0. The van der Waals surface area contributed by atoms with Gasteiger partial charge in [-0.1, -0.05) is 34.6 Å². The molecular weight excluding hydrogens is 244 g/mol. The molecule has 0 saturated heterocycles. The normalized spacial score (nSPS) is 12.6. The summed E-state index contributed by atoms with van der Waals surface area (Å²) in [4.78, 5) is 23.3. The molecule has 0 fully saturated rings. The summed E-state index contributed by atoms with van der Waals surface area (Å²) in [5.41, 5.74) is 0. The van der Waals surface area contributed by atoms with Gasteiger partial charge in [0.25, 0.3) is 0 Å². The zero-order valence-corrected chi connectivity index (χ0v) is 12.9. The lowest BCUT2D eigenvalue weighted by atomic mass is 10.0. The molecule has 0 N–H and O–H groups in total. The molecule has 0 saturated carbocycles. The largest absolute Gasteiger partial charge is 0.465 e. The van der Waals surface area contributed by atoms with E-state index in [1.807, 2.05) is 34.6 Å².